The zero-order valence-corrected chi connectivity index (χ0v) is 25.4. The zero-order valence-electron chi connectivity index (χ0n) is 25.4. The number of fused-ring (bicyclic) bond motifs is 6. The second-order valence-corrected chi connectivity index (χ2v) is 12.2. The second kappa shape index (κ2) is 11.5. The number of amides is 1. The van der Waals surface area contributed by atoms with Gasteiger partial charge in [-0.05, 0) is 53.8 Å². The number of nitrogens with one attached hydrogen (secondary N) is 1. The number of hydrogen-bond donors (Lipinski definition) is 1. The average Bonchev–Trinajstić information content (AvgIpc) is 3.56. The van der Waals surface area contributed by atoms with Gasteiger partial charge in [-0.2, -0.15) is 0 Å². The van der Waals surface area contributed by atoms with Crippen LogP contribution in [0, 0.1) is 16.0 Å². The number of nitro groups is 1. The SMILES string of the molecule is CCCCCc1ccc(C(=O)[C@@H]2[C@H](C(=O)c3ccc([N+](=O)[O-])cc3)N3c4ccccc4C=C[C@@H]3[C@@]23C(=O)Nc2ccccc23)cc1. The molecule has 4 aromatic rings. The number of unbranched alkanes of at least 4 members (excludes halogenated alkanes) is 2. The van der Waals surface area contributed by atoms with Crippen LogP contribution in [0.15, 0.2) is 103 Å². The normalized spacial score (nSPS) is 22.2. The third-order valence-electron chi connectivity index (χ3n) is 9.76. The Kier molecular flexibility index (Phi) is 7.35. The van der Waals surface area contributed by atoms with Crippen LogP contribution in [-0.4, -0.2) is 34.5 Å². The molecule has 0 aliphatic carbocycles. The molecule has 1 amide bonds. The molecule has 1 spiro atoms. The van der Waals surface area contributed by atoms with E-state index in [0.29, 0.717) is 16.8 Å². The molecule has 230 valence electrons. The van der Waals surface area contributed by atoms with E-state index < -0.39 is 28.3 Å². The van der Waals surface area contributed by atoms with Crippen LogP contribution in [-0.2, 0) is 16.6 Å². The first kappa shape index (κ1) is 29.3. The Morgan fingerprint density at radius 3 is 2.28 bits per heavy atom. The Balaban J connectivity index is 1.43. The number of benzene rings is 4. The number of para-hydroxylation sites is 2. The Labute approximate surface area is 266 Å². The van der Waals surface area contributed by atoms with Gasteiger partial charge < -0.3 is 10.2 Å². The summed E-state index contributed by atoms with van der Waals surface area (Å²) in [6.45, 7) is 2.16. The van der Waals surface area contributed by atoms with Gasteiger partial charge in [-0.15, -0.1) is 0 Å². The lowest BCUT2D eigenvalue weighted by molar-refractivity contribution is -0.384. The average molecular weight is 612 g/mol. The number of ketones is 2. The van der Waals surface area contributed by atoms with E-state index in [2.05, 4.69) is 12.2 Å². The van der Waals surface area contributed by atoms with Gasteiger partial charge in [-0.3, -0.25) is 24.5 Å². The molecule has 3 aliphatic rings. The van der Waals surface area contributed by atoms with Crippen molar-refractivity contribution in [2.45, 2.75) is 50.1 Å². The molecule has 0 radical (unpaired) electrons. The van der Waals surface area contributed by atoms with Crippen LogP contribution in [0.25, 0.3) is 6.08 Å². The second-order valence-electron chi connectivity index (χ2n) is 12.2. The lowest BCUT2D eigenvalue weighted by Crippen LogP contribution is -2.51. The zero-order chi connectivity index (χ0) is 32.0. The third-order valence-corrected chi connectivity index (χ3v) is 9.76. The van der Waals surface area contributed by atoms with Gasteiger partial charge in [0, 0.05) is 34.6 Å². The summed E-state index contributed by atoms with van der Waals surface area (Å²) in [6, 6.07) is 26.3. The molecule has 0 aromatic heterocycles. The van der Waals surface area contributed by atoms with Gasteiger partial charge in [0.1, 0.15) is 11.5 Å². The Morgan fingerprint density at radius 2 is 1.54 bits per heavy atom. The van der Waals surface area contributed by atoms with Crippen LogP contribution in [0.5, 0.6) is 0 Å². The molecule has 8 heteroatoms. The fourth-order valence-electron chi connectivity index (χ4n) is 7.63. The summed E-state index contributed by atoms with van der Waals surface area (Å²) in [5.41, 5.74) is 3.13. The van der Waals surface area contributed by atoms with E-state index in [4.69, 9.17) is 0 Å². The standard InChI is InChI=1S/C38H33N3O5/c1-2-3-4-9-24-14-16-26(17-15-24)35(42)33-34(36(43)27-18-21-28(22-19-27)41(45)46)40-31-13-8-5-10-25(31)20-23-32(40)38(33)29-11-6-7-12-30(29)39-37(38)44/h5-8,10-23,32-34H,2-4,9H2,1H3,(H,39,44)/t32-,33+,34-,38-/m1/s1. The number of hydrogen-bond acceptors (Lipinski definition) is 6. The number of carbonyl (C=O) groups is 3. The molecule has 3 heterocycles. The van der Waals surface area contributed by atoms with Gasteiger partial charge >= 0.3 is 0 Å². The molecule has 46 heavy (non-hydrogen) atoms. The molecular weight excluding hydrogens is 578 g/mol. The highest BCUT2D eigenvalue weighted by Crippen LogP contribution is 2.58. The van der Waals surface area contributed by atoms with Crippen LogP contribution in [0.3, 0.4) is 0 Å². The summed E-state index contributed by atoms with van der Waals surface area (Å²) < 4.78 is 0. The van der Waals surface area contributed by atoms with E-state index in [1.807, 2.05) is 89.8 Å². The molecule has 7 rings (SSSR count). The minimum atomic E-state index is -1.42. The first-order valence-electron chi connectivity index (χ1n) is 15.7. The van der Waals surface area contributed by atoms with Crippen molar-refractivity contribution in [3.05, 3.63) is 141 Å². The summed E-state index contributed by atoms with van der Waals surface area (Å²) in [6.07, 6.45) is 8.09. The predicted molar refractivity (Wildman–Crippen MR) is 177 cm³/mol. The smallest absolute Gasteiger partial charge is 0.269 e. The quantitative estimate of drug-likeness (QED) is 0.0929. The topological polar surface area (TPSA) is 110 Å². The Hall–Kier alpha value is -5.37. The van der Waals surface area contributed by atoms with E-state index in [0.717, 1.165) is 42.5 Å². The molecular formula is C38H33N3O5. The molecule has 0 unspecified atom stereocenters. The summed E-state index contributed by atoms with van der Waals surface area (Å²) in [5.74, 6) is -2.12. The van der Waals surface area contributed by atoms with Crippen molar-refractivity contribution in [2.75, 3.05) is 10.2 Å². The minimum absolute atomic E-state index is 0.140. The van der Waals surface area contributed by atoms with E-state index in [9.17, 15) is 19.7 Å². The minimum Gasteiger partial charge on any atom is -0.352 e. The van der Waals surface area contributed by atoms with Crippen LogP contribution in [0.2, 0.25) is 0 Å². The third kappa shape index (κ3) is 4.47. The first-order chi connectivity index (χ1) is 22.4. The molecule has 0 bridgehead atoms. The highest BCUT2D eigenvalue weighted by atomic mass is 16.6. The van der Waals surface area contributed by atoms with Crippen molar-refractivity contribution >= 4 is 40.6 Å². The number of nitrogens with zero attached hydrogens (tertiary/aromatic N) is 2. The summed E-state index contributed by atoms with van der Waals surface area (Å²) in [7, 11) is 0. The molecule has 4 atom stereocenters. The van der Waals surface area contributed by atoms with Gasteiger partial charge in [-0.1, -0.05) is 92.6 Å². The molecule has 4 aromatic carbocycles. The highest BCUT2D eigenvalue weighted by molar-refractivity contribution is 6.18. The molecule has 1 N–H and O–H groups in total. The van der Waals surface area contributed by atoms with E-state index in [1.54, 1.807) is 0 Å². The van der Waals surface area contributed by atoms with Crippen molar-refractivity contribution in [3.63, 3.8) is 0 Å². The maximum atomic E-state index is 15.0. The van der Waals surface area contributed by atoms with Crippen LogP contribution >= 0.6 is 0 Å². The van der Waals surface area contributed by atoms with E-state index in [-0.39, 0.29) is 28.7 Å². The lowest BCUT2D eigenvalue weighted by atomic mass is 9.64. The fourth-order valence-corrected chi connectivity index (χ4v) is 7.63. The van der Waals surface area contributed by atoms with Gasteiger partial charge in [0.15, 0.2) is 11.6 Å². The van der Waals surface area contributed by atoms with Crippen molar-refractivity contribution in [1.82, 2.24) is 0 Å². The van der Waals surface area contributed by atoms with Gasteiger partial charge in [0.2, 0.25) is 5.91 Å². The van der Waals surface area contributed by atoms with Crippen molar-refractivity contribution in [3.8, 4) is 0 Å². The number of Topliss-reactive ketones (excluding diaryl/α,β-unsaturated/α-hetero) is 2. The van der Waals surface area contributed by atoms with Crippen LogP contribution in [0.4, 0.5) is 17.1 Å². The lowest BCUT2D eigenvalue weighted by Gasteiger charge is -2.37. The van der Waals surface area contributed by atoms with Gasteiger partial charge in [-0.25, -0.2) is 0 Å². The number of carbonyl (C=O) groups excluding carboxylic acids is 3. The number of anilines is 2. The number of non-ortho nitro benzene ring substituents is 1. The molecule has 8 nitrogen and oxygen atoms in total. The van der Waals surface area contributed by atoms with Gasteiger partial charge in [0.05, 0.1) is 16.9 Å². The maximum Gasteiger partial charge on any atom is 0.269 e. The fraction of sp³-hybridized carbons (Fsp3) is 0.237. The number of aryl methyl sites for hydroxylation is 1. The largest absolute Gasteiger partial charge is 0.352 e. The highest BCUT2D eigenvalue weighted by Gasteiger charge is 2.70. The maximum absolute atomic E-state index is 15.0. The van der Waals surface area contributed by atoms with E-state index >= 15 is 4.79 Å². The van der Waals surface area contributed by atoms with Crippen molar-refractivity contribution in [2.24, 2.45) is 5.92 Å². The first-order valence-corrected chi connectivity index (χ1v) is 15.7. The van der Waals surface area contributed by atoms with Crippen molar-refractivity contribution < 1.29 is 19.3 Å². The summed E-state index contributed by atoms with van der Waals surface area (Å²) in [5, 5.41) is 14.4. The molecule has 0 saturated carbocycles. The van der Waals surface area contributed by atoms with Crippen LogP contribution < -0.4 is 10.2 Å². The van der Waals surface area contributed by atoms with Gasteiger partial charge in [0.25, 0.3) is 5.69 Å². The van der Waals surface area contributed by atoms with E-state index in [1.165, 1.54) is 24.3 Å². The molecule has 1 saturated heterocycles. The summed E-state index contributed by atoms with van der Waals surface area (Å²) >= 11 is 0. The number of nitro benzene ring substituents is 1. The summed E-state index contributed by atoms with van der Waals surface area (Å²) in [4.78, 5) is 57.1. The van der Waals surface area contributed by atoms with Crippen molar-refractivity contribution in [1.29, 1.82) is 0 Å². The number of rotatable bonds is 9. The Bertz CT molecular complexity index is 1900. The molecule has 1 fully saturated rings. The van der Waals surface area contributed by atoms with Crippen LogP contribution in [0.1, 0.15) is 63.6 Å². The Morgan fingerprint density at radius 1 is 0.870 bits per heavy atom. The monoisotopic (exact) mass is 611 g/mol. The predicted octanol–water partition coefficient (Wildman–Crippen LogP) is 7.18. The molecule has 3 aliphatic heterocycles.